The zero-order valence-electron chi connectivity index (χ0n) is 13.5. The van der Waals surface area contributed by atoms with Crippen molar-refractivity contribution in [1.82, 2.24) is 4.31 Å². The molecule has 6 nitrogen and oxygen atoms in total. The number of amides is 1. The second-order valence-corrected chi connectivity index (χ2v) is 7.07. The first-order chi connectivity index (χ1) is 11.8. The first-order valence-corrected chi connectivity index (χ1v) is 8.54. The van der Waals surface area contributed by atoms with E-state index in [0.29, 0.717) is 15.7 Å². The molecular weight excluding hydrogens is 354 g/mol. The van der Waals surface area contributed by atoms with Crippen molar-refractivity contribution in [2.24, 2.45) is 0 Å². The molecule has 0 unspecified atom stereocenters. The lowest BCUT2D eigenvalue weighted by Crippen LogP contribution is -2.35. The molecule has 0 fully saturated rings. The highest BCUT2D eigenvalue weighted by Gasteiger charge is 2.29. The molecule has 0 radical (unpaired) electrons. The largest absolute Gasteiger partial charge is 0.497 e. The molecule has 0 saturated carbocycles. The van der Waals surface area contributed by atoms with Gasteiger partial charge in [-0.3, -0.25) is 4.79 Å². The molecule has 0 saturated heterocycles. The Morgan fingerprint density at radius 1 is 1.12 bits per heavy atom. The first-order valence-electron chi connectivity index (χ1n) is 7.10. The third-order valence-electron chi connectivity index (χ3n) is 3.33. The summed E-state index contributed by atoms with van der Waals surface area (Å²) in [5, 5.41) is 2.49. The number of hydrogen-bond donors (Lipinski definition) is 1. The minimum atomic E-state index is -4.50. The summed E-state index contributed by atoms with van der Waals surface area (Å²) in [5.41, 5.74) is 0.425. The van der Waals surface area contributed by atoms with Crippen LogP contribution in [0.3, 0.4) is 0 Å². The number of hydrogen-bond acceptors (Lipinski definition) is 4. The highest BCUT2D eigenvalue weighted by Crippen LogP contribution is 2.21. The highest BCUT2D eigenvalue weighted by atomic mass is 32.2. The van der Waals surface area contributed by atoms with Crippen molar-refractivity contribution < 1.29 is 26.7 Å². The van der Waals surface area contributed by atoms with Crippen LogP contribution < -0.4 is 10.1 Å². The van der Waals surface area contributed by atoms with Crippen molar-refractivity contribution in [3.8, 4) is 5.75 Å². The average Bonchev–Trinajstić information content (AvgIpc) is 2.55. The molecule has 0 aromatic heterocycles. The van der Waals surface area contributed by atoms with E-state index in [1.165, 1.54) is 7.11 Å². The molecule has 0 heterocycles. The van der Waals surface area contributed by atoms with Gasteiger partial charge in [0.15, 0.2) is 4.90 Å². The Morgan fingerprint density at radius 2 is 1.68 bits per heavy atom. The molecule has 1 amide bonds. The number of rotatable bonds is 6. The Labute approximate surface area is 144 Å². The average molecular weight is 370 g/mol. The monoisotopic (exact) mass is 370 g/mol. The van der Waals surface area contributed by atoms with E-state index in [1.54, 1.807) is 24.3 Å². The van der Waals surface area contributed by atoms with Crippen LogP contribution in [-0.4, -0.2) is 39.3 Å². The smallest absolute Gasteiger partial charge is 0.249 e. The van der Waals surface area contributed by atoms with Crippen LogP contribution in [-0.2, 0) is 14.8 Å². The van der Waals surface area contributed by atoms with E-state index in [0.717, 1.165) is 25.2 Å². The van der Waals surface area contributed by atoms with E-state index in [1.807, 2.05) is 0 Å². The summed E-state index contributed by atoms with van der Waals surface area (Å²) >= 11 is 0. The minimum Gasteiger partial charge on any atom is -0.497 e. The van der Waals surface area contributed by atoms with Crippen LogP contribution in [0, 0.1) is 11.6 Å². The van der Waals surface area contributed by atoms with Gasteiger partial charge in [-0.05, 0) is 36.4 Å². The van der Waals surface area contributed by atoms with Gasteiger partial charge >= 0.3 is 0 Å². The van der Waals surface area contributed by atoms with Crippen LogP contribution in [0.5, 0.6) is 5.75 Å². The van der Waals surface area contributed by atoms with Gasteiger partial charge in [-0.2, -0.15) is 4.31 Å². The first kappa shape index (κ1) is 18.8. The summed E-state index contributed by atoms with van der Waals surface area (Å²) in [6, 6.07) is 9.10. The Morgan fingerprint density at radius 3 is 2.20 bits per heavy atom. The molecule has 0 aliphatic heterocycles. The fourth-order valence-corrected chi connectivity index (χ4v) is 3.27. The summed E-state index contributed by atoms with van der Waals surface area (Å²) in [5.74, 6) is -2.51. The molecule has 0 atom stereocenters. The lowest BCUT2D eigenvalue weighted by molar-refractivity contribution is -0.116. The number of carbonyl (C=O) groups is 1. The number of halogens is 2. The van der Waals surface area contributed by atoms with Gasteiger partial charge in [0.25, 0.3) is 0 Å². The van der Waals surface area contributed by atoms with Crippen molar-refractivity contribution in [1.29, 1.82) is 0 Å². The predicted molar refractivity (Wildman–Crippen MR) is 87.8 cm³/mol. The molecule has 0 bridgehead atoms. The molecule has 134 valence electrons. The number of nitrogens with one attached hydrogen (secondary N) is 1. The zero-order valence-corrected chi connectivity index (χ0v) is 14.3. The molecule has 9 heteroatoms. The summed E-state index contributed by atoms with van der Waals surface area (Å²) < 4.78 is 57.6. The van der Waals surface area contributed by atoms with Crippen LogP contribution in [0.25, 0.3) is 0 Å². The maximum Gasteiger partial charge on any atom is 0.249 e. The van der Waals surface area contributed by atoms with Gasteiger partial charge in [0.05, 0.1) is 13.7 Å². The van der Waals surface area contributed by atoms with Gasteiger partial charge in [0.1, 0.15) is 17.4 Å². The topological polar surface area (TPSA) is 75.7 Å². The van der Waals surface area contributed by atoms with Gasteiger partial charge in [0.2, 0.25) is 15.9 Å². The zero-order chi connectivity index (χ0) is 18.6. The second-order valence-electron chi connectivity index (χ2n) is 5.09. The number of likely N-dealkylation sites (N-methyl/N-ethyl adjacent to an activating group) is 1. The highest BCUT2D eigenvalue weighted by molar-refractivity contribution is 7.89. The van der Waals surface area contributed by atoms with Gasteiger partial charge in [-0.15, -0.1) is 0 Å². The third-order valence-corrected chi connectivity index (χ3v) is 5.18. The Balaban J connectivity index is 2.12. The van der Waals surface area contributed by atoms with Crippen molar-refractivity contribution in [2.75, 3.05) is 26.0 Å². The number of nitrogens with zero attached hydrogens (tertiary/aromatic N) is 1. The summed E-state index contributed by atoms with van der Waals surface area (Å²) in [7, 11) is -1.94. The second kappa shape index (κ2) is 7.58. The molecule has 2 aromatic rings. The molecule has 25 heavy (non-hydrogen) atoms. The molecule has 0 aliphatic carbocycles. The minimum absolute atomic E-state index is 0.425. The molecule has 2 aromatic carbocycles. The molecule has 0 spiro atoms. The van der Waals surface area contributed by atoms with Crippen LogP contribution in [0.2, 0.25) is 0 Å². The molecular formula is C16H16F2N2O4S. The van der Waals surface area contributed by atoms with Gasteiger partial charge in [0, 0.05) is 12.7 Å². The van der Waals surface area contributed by atoms with Gasteiger partial charge < -0.3 is 10.1 Å². The predicted octanol–water partition coefficient (Wildman–Crippen LogP) is 2.23. The van der Waals surface area contributed by atoms with Crippen LogP contribution in [0.4, 0.5) is 14.5 Å². The molecule has 1 N–H and O–H groups in total. The standard InChI is InChI=1S/C16H16F2N2O4S/c1-20(25(22,23)16-13(17)4-3-5-14(16)18)10-15(21)19-11-6-8-12(24-2)9-7-11/h3-9H,10H2,1-2H3,(H,19,21). The Hall–Kier alpha value is -2.52. The van der Waals surface area contributed by atoms with Crippen LogP contribution in [0.1, 0.15) is 0 Å². The lowest BCUT2D eigenvalue weighted by atomic mass is 10.3. The Bertz CT molecular complexity index is 850. The van der Waals surface area contributed by atoms with Crippen molar-refractivity contribution in [3.63, 3.8) is 0 Å². The normalized spacial score (nSPS) is 11.4. The quantitative estimate of drug-likeness (QED) is 0.846. The van der Waals surface area contributed by atoms with E-state index in [-0.39, 0.29) is 0 Å². The van der Waals surface area contributed by atoms with E-state index in [4.69, 9.17) is 4.74 Å². The fourth-order valence-electron chi connectivity index (χ4n) is 2.05. The van der Waals surface area contributed by atoms with Gasteiger partial charge in [-0.1, -0.05) is 6.07 Å². The summed E-state index contributed by atoms with van der Waals surface area (Å²) in [6.07, 6.45) is 0. The van der Waals surface area contributed by atoms with E-state index < -0.39 is 39.0 Å². The van der Waals surface area contributed by atoms with Crippen LogP contribution in [0.15, 0.2) is 47.4 Å². The number of carbonyl (C=O) groups excluding carboxylic acids is 1. The number of anilines is 1. The van der Waals surface area contributed by atoms with Crippen molar-refractivity contribution >= 4 is 21.6 Å². The fraction of sp³-hybridized carbons (Fsp3) is 0.188. The molecule has 2 rings (SSSR count). The third kappa shape index (κ3) is 4.31. The van der Waals surface area contributed by atoms with E-state index in [2.05, 4.69) is 5.32 Å². The number of sulfonamides is 1. The molecule has 0 aliphatic rings. The lowest BCUT2D eigenvalue weighted by Gasteiger charge is -2.17. The van der Waals surface area contributed by atoms with Crippen molar-refractivity contribution in [3.05, 3.63) is 54.1 Å². The van der Waals surface area contributed by atoms with Gasteiger partial charge in [-0.25, -0.2) is 17.2 Å². The summed E-state index contributed by atoms with van der Waals surface area (Å²) in [6.45, 7) is -0.609. The maximum absolute atomic E-state index is 13.7. The maximum atomic E-state index is 13.7. The SMILES string of the molecule is COc1ccc(NC(=O)CN(C)S(=O)(=O)c2c(F)cccc2F)cc1. The number of benzene rings is 2. The van der Waals surface area contributed by atoms with Crippen LogP contribution >= 0.6 is 0 Å². The van der Waals surface area contributed by atoms with E-state index >= 15 is 0 Å². The number of ether oxygens (including phenoxy) is 1. The number of methoxy groups -OCH3 is 1. The van der Waals surface area contributed by atoms with Crippen molar-refractivity contribution in [2.45, 2.75) is 4.90 Å². The Kier molecular flexibility index (Phi) is 5.70. The van der Waals surface area contributed by atoms with E-state index in [9.17, 15) is 22.0 Å². The summed E-state index contributed by atoms with van der Waals surface area (Å²) in [4.78, 5) is 10.9.